The van der Waals surface area contributed by atoms with E-state index in [-0.39, 0.29) is 17.7 Å². The zero-order valence-corrected chi connectivity index (χ0v) is 15.1. The Hall–Kier alpha value is -2.96. The lowest BCUT2D eigenvalue weighted by atomic mass is 10.2. The minimum Gasteiger partial charge on any atom is -0.508 e. The number of phenolic OH excluding ortho intramolecular Hbond substituents is 1. The number of guanidine groups is 1. The molecule has 1 unspecified atom stereocenters. The van der Waals surface area contributed by atoms with Gasteiger partial charge in [0, 0.05) is 19.2 Å². The molecule has 140 valence electrons. The Labute approximate surface area is 152 Å². The highest BCUT2D eigenvalue weighted by molar-refractivity contribution is 5.79. The van der Waals surface area contributed by atoms with E-state index in [0.717, 1.165) is 0 Å². The maximum Gasteiger partial charge on any atom is 0.191 e. The van der Waals surface area contributed by atoms with Crippen molar-refractivity contribution < 1.29 is 19.0 Å². The molecule has 2 aromatic rings. The molecule has 2 aromatic carbocycles. The molecular formula is C19H24FN3O3. The monoisotopic (exact) mass is 361 g/mol. The van der Waals surface area contributed by atoms with Gasteiger partial charge < -0.3 is 25.2 Å². The van der Waals surface area contributed by atoms with Gasteiger partial charge in [-0.3, -0.25) is 4.99 Å². The van der Waals surface area contributed by atoms with Crippen LogP contribution in [0.2, 0.25) is 0 Å². The number of rotatable bonds is 7. The molecule has 0 saturated heterocycles. The second-order valence-corrected chi connectivity index (χ2v) is 5.68. The zero-order chi connectivity index (χ0) is 18.9. The number of phenols is 1. The van der Waals surface area contributed by atoms with Gasteiger partial charge in [-0.25, -0.2) is 4.39 Å². The van der Waals surface area contributed by atoms with E-state index in [4.69, 9.17) is 9.47 Å². The third kappa shape index (κ3) is 5.84. The van der Waals surface area contributed by atoms with Gasteiger partial charge in [-0.05, 0) is 49.4 Å². The number of hydrogen-bond donors (Lipinski definition) is 3. The summed E-state index contributed by atoms with van der Waals surface area (Å²) in [6, 6.07) is 10.9. The average Bonchev–Trinajstić information content (AvgIpc) is 2.65. The Kier molecular flexibility index (Phi) is 7.08. The number of methoxy groups -OCH3 is 1. The standard InChI is InChI=1S/C19H24FN3O3/c1-13(26-16-6-4-15(20)5-7-16)11-22-19(21-2)23-12-14-10-17(25-3)8-9-18(14)24/h4-10,13,24H,11-12H2,1-3H3,(H2,21,22,23). The molecule has 26 heavy (non-hydrogen) atoms. The molecule has 0 amide bonds. The Morgan fingerprint density at radius 3 is 2.50 bits per heavy atom. The second kappa shape index (κ2) is 9.50. The molecule has 0 bridgehead atoms. The number of ether oxygens (including phenoxy) is 2. The van der Waals surface area contributed by atoms with E-state index >= 15 is 0 Å². The van der Waals surface area contributed by atoms with Crippen molar-refractivity contribution in [1.82, 2.24) is 10.6 Å². The Bertz CT molecular complexity index is 735. The Morgan fingerprint density at radius 2 is 1.85 bits per heavy atom. The summed E-state index contributed by atoms with van der Waals surface area (Å²) in [5, 5.41) is 16.2. The molecule has 7 heteroatoms. The molecule has 0 radical (unpaired) electrons. The van der Waals surface area contributed by atoms with Crippen LogP contribution in [0.15, 0.2) is 47.5 Å². The SMILES string of the molecule is CN=C(NCc1cc(OC)ccc1O)NCC(C)Oc1ccc(F)cc1. The third-order valence-corrected chi connectivity index (χ3v) is 3.66. The van der Waals surface area contributed by atoms with Crippen LogP contribution in [-0.4, -0.2) is 37.9 Å². The van der Waals surface area contributed by atoms with Crippen molar-refractivity contribution in [2.45, 2.75) is 19.6 Å². The molecule has 0 aliphatic heterocycles. The third-order valence-electron chi connectivity index (χ3n) is 3.66. The fraction of sp³-hybridized carbons (Fsp3) is 0.316. The zero-order valence-electron chi connectivity index (χ0n) is 15.1. The highest BCUT2D eigenvalue weighted by Crippen LogP contribution is 2.22. The number of nitrogens with one attached hydrogen (secondary N) is 2. The molecule has 2 rings (SSSR count). The summed E-state index contributed by atoms with van der Waals surface area (Å²) in [6.45, 7) is 2.79. The van der Waals surface area contributed by atoms with E-state index in [0.29, 0.717) is 36.1 Å². The fourth-order valence-corrected chi connectivity index (χ4v) is 2.26. The summed E-state index contributed by atoms with van der Waals surface area (Å²) in [6.07, 6.45) is -0.149. The van der Waals surface area contributed by atoms with Gasteiger partial charge in [-0.2, -0.15) is 0 Å². The molecule has 0 aliphatic carbocycles. The van der Waals surface area contributed by atoms with Gasteiger partial charge >= 0.3 is 0 Å². The van der Waals surface area contributed by atoms with Crippen molar-refractivity contribution in [1.29, 1.82) is 0 Å². The molecule has 1 atom stereocenters. The van der Waals surface area contributed by atoms with Gasteiger partial charge in [0.2, 0.25) is 0 Å². The minimum atomic E-state index is -0.298. The Balaban J connectivity index is 1.83. The molecule has 3 N–H and O–H groups in total. The summed E-state index contributed by atoms with van der Waals surface area (Å²) in [7, 11) is 3.23. The first-order chi connectivity index (χ1) is 12.5. The van der Waals surface area contributed by atoms with E-state index in [2.05, 4.69) is 15.6 Å². The smallest absolute Gasteiger partial charge is 0.191 e. The molecule has 0 spiro atoms. The molecule has 0 aromatic heterocycles. The lowest BCUT2D eigenvalue weighted by Crippen LogP contribution is -2.41. The highest BCUT2D eigenvalue weighted by atomic mass is 19.1. The van der Waals surface area contributed by atoms with Crippen molar-refractivity contribution in [2.24, 2.45) is 4.99 Å². The van der Waals surface area contributed by atoms with Crippen molar-refractivity contribution in [3.8, 4) is 17.2 Å². The lowest BCUT2D eigenvalue weighted by Gasteiger charge is -2.18. The lowest BCUT2D eigenvalue weighted by molar-refractivity contribution is 0.223. The maximum absolute atomic E-state index is 12.9. The van der Waals surface area contributed by atoms with E-state index < -0.39 is 0 Å². The number of hydrogen-bond acceptors (Lipinski definition) is 4. The summed E-state index contributed by atoms with van der Waals surface area (Å²) >= 11 is 0. The van der Waals surface area contributed by atoms with E-state index in [1.54, 1.807) is 44.5 Å². The second-order valence-electron chi connectivity index (χ2n) is 5.68. The van der Waals surface area contributed by atoms with Crippen molar-refractivity contribution >= 4 is 5.96 Å². The first-order valence-electron chi connectivity index (χ1n) is 8.24. The quantitative estimate of drug-likeness (QED) is 0.522. The van der Waals surface area contributed by atoms with Gasteiger partial charge in [0.25, 0.3) is 0 Å². The van der Waals surface area contributed by atoms with E-state index in [9.17, 15) is 9.50 Å². The van der Waals surface area contributed by atoms with Crippen LogP contribution in [0.4, 0.5) is 4.39 Å². The fourth-order valence-electron chi connectivity index (χ4n) is 2.26. The maximum atomic E-state index is 12.9. The number of aliphatic imine (C=N–C) groups is 1. The summed E-state index contributed by atoms with van der Waals surface area (Å²) in [5.41, 5.74) is 0.697. The number of halogens is 1. The van der Waals surface area contributed by atoms with Crippen LogP contribution in [0, 0.1) is 5.82 Å². The van der Waals surface area contributed by atoms with E-state index in [1.165, 1.54) is 12.1 Å². The normalized spacial score (nSPS) is 12.4. The van der Waals surface area contributed by atoms with Crippen LogP contribution in [-0.2, 0) is 6.54 Å². The van der Waals surface area contributed by atoms with Gasteiger partial charge in [0.15, 0.2) is 5.96 Å². The predicted molar refractivity (Wildman–Crippen MR) is 99.4 cm³/mol. The van der Waals surface area contributed by atoms with Gasteiger partial charge in [0.1, 0.15) is 29.2 Å². The number of nitrogens with zero attached hydrogens (tertiary/aromatic N) is 1. The van der Waals surface area contributed by atoms with Crippen LogP contribution in [0.1, 0.15) is 12.5 Å². The van der Waals surface area contributed by atoms with Gasteiger partial charge in [-0.1, -0.05) is 0 Å². The van der Waals surface area contributed by atoms with E-state index in [1.807, 2.05) is 6.92 Å². The van der Waals surface area contributed by atoms with Crippen LogP contribution < -0.4 is 20.1 Å². The molecule has 0 fully saturated rings. The number of aromatic hydroxyl groups is 1. The highest BCUT2D eigenvalue weighted by Gasteiger charge is 2.08. The van der Waals surface area contributed by atoms with Crippen LogP contribution in [0.25, 0.3) is 0 Å². The first-order valence-corrected chi connectivity index (χ1v) is 8.24. The molecule has 6 nitrogen and oxygen atoms in total. The average molecular weight is 361 g/mol. The topological polar surface area (TPSA) is 75.1 Å². The Morgan fingerprint density at radius 1 is 1.15 bits per heavy atom. The first kappa shape index (κ1) is 19.4. The summed E-state index contributed by atoms with van der Waals surface area (Å²) in [4.78, 5) is 4.14. The summed E-state index contributed by atoms with van der Waals surface area (Å²) in [5.74, 6) is 1.73. The van der Waals surface area contributed by atoms with Crippen molar-refractivity contribution in [3.63, 3.8) is 0 Å². The molecule has 0 heterocycles. The minimum absolute atomic E-state index is 0.149. The number of benzene rings is 2. The van der Waals surface area contributed by atoms with Crippen LogP contribution in [0.5, 0.6) is 17.2 Å². The largest absolute Gasteiger partial charge is 0.508 e. The molecular weight excluding hydrogens is 337 g/mol. The van der Waals surface area contributed by atoms with Crippen molar-refractivity contribution in [3.05, 3.63) is 53.8 Å². The van der Waals surface area contributed by atoms with Crippen molar-refractivity contribution in [2.75, 3.05) is 20.7 Å². The van der Waals surface area contributed by atoms with Crippen LogP contribution in [0.3, 0.4) is 0 Å². The predicted octanol–water partition coefficient (Wildman–Crippen LogP) is 2.67. The van der Waals surface area contributed by atoms with Gasteiger partial charge in [0.05, 0.1) is 13.7 Å². The molecule has 0 aliphatic rings. The van der Waals surface area contributed by atoms with Crippen LogP contribution >= 0.6 is 0 Å². The van der Waals surface area contributed by atoms with Gasteiger partial charge in [-0.15, -0.1) is 0 Å². The molecule has 0 saturated carbocycles. The summed E-state index contributed by atoms with van der Waals surface area (Å²) < 4.78 is 23.8.